The topological polar surface area (TPSA) is 66.4 Å². The van der Waals surface area contributed by atoms with E-state index in [0.29, 0.717) is 0 Å². The Morgan fingerprint density at radius 1 is 0.889 bits per heavy atom. The van der Waals surface area contributed by atoms with Gasteiger partial charge in [0.2, 0.25) is 0 Å². The Morgan fingerprint density at radius 2 is 1.06 bits per heavy atom. The van der Waals surface area contributed by atoms with Crippen molar-refractivity contribution in [3.8, 4) is 0 Å². The second kappa shape index (κ2) is 9.02. The lowest BCUT2D eigenvalue weighted by molar-refractivity contribution is -0.849. The van der Waals surface area contributed by atoms with Gasteiger partial charge in [0.05, 0.1) is 56.4 Å². The van der Waals surface area contributed by atoms with E-state index in [4.69, 9.17) is 0 Å². The van der Waals surface area contributed by atoms with Gasteiger partial charge in [-0.05, 0) is 21.3 Å². The Bertz CT molecular complexity index is 217. The molecule has 0 radical (unpaired) electrons. The second-order valence-corrected chi connectivity index (χ2v) is 8.43. The molecule has 0 aromatic rings. The van der Waals surface area contributed by atoms with Crippen LogP contribution in [0.15, 0.2) is 0 Å². The molecule has 6 nitrogen and oxygen atoms in total. The highest BCUT2D eigenvalue weighted by Crippen LogP contribution is 2.26. The third-order valence-corrected chi connectivity index (χ3v) is 1.99. The van der Waals surface area contributed by atoms with E-state index < -0.39 is 7.75 Å². The molecule has 7 heteroatoms. The monoisotopic (exact) mass is 285 g/mol. The van der Waals surface area contributed by atoms with Gasteiger partial charge >= 0.3 is 0 Å². The van der Waals surface area contributed by atoms with E-state index in [-0.39, 0.29) is 6.54 Å². The molecule has 0 unspecified atom stereocenters. The highest BCUT2D eigenvalue weighted by Gasteiger charge is 1.94. The molecule has 0 atom stereocenters. The van der Waals surface area contributed by atoms with Gasteiger partial charge in [0.15, 0.2) is 0 Å². The average molecular weight is 285 g/mol. The maximum atomic E-state index is 9.96. The maximum Gasteiger partial charge on any atom is 0.0675 e. The van der Waals surface area contributed by atoms with Gasteiger partial charge in [-0.1, -0.05) is 6.92 Å². The molecule has 0 bridgehead atoms. The molecule has 0 aromatic heterocycles. The first-order valence-corrected chi connectivity index (χ1v) is 7.29. The molecule has 0 spiro atoms. The van der Waals surface area contributed by atoms with E-state index >= 15 is 0 Å². The van der Waals surface area contributed by atoms with Crippen LogP contribution in [0.5, 0.6) is 0 Å². The molecule has 0 N–H and O–H groups in total. The Morgan fingerprint density at radius 3 is 1.06 bits per heavy atom. The van der Waals surface area contributed by atoms with Gasteiger partial charge in [-0.2, -0.15) is 0 Å². The van der Waals surface area contributed by atoms with Crippen LogP contribution >= 0.6 is 7.75 Å². The lowest BCUT2D eigenvalue weighted by Crippen LogP contribution is -2.29. The van der Waals surface area contributed by atoms with Gasteiger partial charge in [0.25, 0.3) is 0 Å². The van der Waals surface area contributed by atoms with Crippen LogP contribution in [0.1, 0.15) is 6.92 Å². The SMILES string of the molecule is CCN(C)P(=O)([O-])[O-].C[N+](C)(C)C.C[N+](C)(C)C. The highest BCUT2D eigenvalue weighted by molar-refractivity contribution is 7.46. The van der Waals surface area contributed by atoms with Gasteiger partial charge in [0.1, 0.15) is 0 Å². The molecule has 0 aliphatic rings. The molecule has 0 aromatic carbocycles. The van der Waals surface area contributed by atoms with Crippen molar-refractivity contribution < 1.29 is 23.3 Å². The Balaban J connectivity index is -0.000000197. The second-order valence-electron chi connectivity index (χ2n) is 6.81. The summed E-state index contributed by atoms with van der Waals surface area (Å²) in [6.07, 6.45) is 0. The van der Waals surface area contributed by atoms with E-state index in [1.165, 1.54) is 7.05 Å². The fourth-order valence-electron chi connectivity index (χ4n) is 0.173. The summed E-state index contributed by atoms with van der Waals surface area (Å²) in [5, 5.41) is 0. The number of hydrogen-bond donors (Lipinski definition) is 0. The third kappa shape index (κ3) is 56.2. The highest BCUT2D eigenvalue weighted by atomic mass is 31.2. The van der Waals surface area contributed by atoms with Crippen LogP contribution in [-0.2, 0) is 4.57 Å². The average Bonchev–Trinajstić information content (AvgIpc) is 1.94. The van der Waals surface area contributed by atoms with Crippen molar-refractivity contribution in [1.29, 1.82) is 0 Å². The van der Waals surface area contributed by atoms with Crippen LogP contribution in [0.25, 0.3) is 0 Å². The Kier molecular flexibility index (Phi) is 11.6. The van der Waals surface area contributed by atoms with Crippen LogP contribution in [0.2, 0.25) is 0 Å². The zero-order chi connectivity index (χ0) is 15.8. The summed E-state index contributed by atoms with van der Waals surface area (Å²) in [6, 6.07) is 0. The number of nitrogens with zero attached hydrogens (tertiary/aromatic N) is 3. The molecule has 114 valence electrons. The minimum atomic E-state index is -4.42. The fraction of sp³-hybridized carbons (Fsp3) is 1.00. The Labute approximate surface area is 113 Å². The van der Waals surface area contributed by atoms with Crippen molar-refractivity contribution >= 4 is 7.75 Å². The Hall–Kier alpha value is 0.0300. The third-order valence-electron chi connectivity index (χ3n) is 0.876. The minimum absolute atomic E-state index is 0.240. The predicted octanol–water partition coefficient (Wildman–Crippen LogP) is -0.588. The van der Waals surface area contributed by atoms with E-state index in [1.54, 1.807) is 6.92 Å². The smallest absolute Gasteiger partial charge is 0.0675 e. The van der Waals surface area contributed by atoms with E-state index in [9.17, 15) is 14.4 Å². The van der Waals surface area contributed by atoms with E-state index in [2.05, 4.69) is 56.4 Å². The lowest BCUT2D eigenvalue weighted by atomic mass is 10.8. The van der Waals surface area contributed by atoms with Crippen LogP contribution in [-0.4, -0.2) is 83.6 Å². The summed E-state index contributed by atoms with van der Waals surface area (Å²) in [5.41, 5.74) is 0. The summed E-state index contributed by atoms with van der Waals surface area (Å²) >= 11 is 0. The zero-order valence-corrected chi connectivity index (χ0v) is 14.6. The maximum absolute atomic E-state index is 9.96. The first-order valence-electron chi connectivity index (χ1n) is 5.80. The normalized spacial score (nSPS) is 12.3. The van der Waals surface area contributed by atoms with Crippen LogP contribution < -0.4 is 9.79 Å². The first kappa shape index (κ1) is 23.1. The molecule has 0 rings (SSSR count). The van der Waals surface area contributed by atoms with Crippen molar-refractivity contribution in [2.24, 2.45) is 0 Å². The van der Waals surface area contributed by atoms with Crippen molar-refractivity contribution in [3.05, 3.63) is 0 Å². The summed E-state index contributed by atoms with van der Waals surface area (Å²) in [7, 11) is 13.8. The van der Waals surface area contributed by atoms with Gasteiger partial charge in [-0.15, -0.1) is 0 Å². The molecule has 0 aliphatic carbocycles. The predicted molar refractivity (Wildman–Crippen MR) is 73.8 cm³/mol. The molecule has 0 saturated heterocycles. The first-order chi connectivity index (χ1) is 7.48. The minimum Gasteiger partial charge on any atom is -0.799 e. The molecule has 0 aliphatic heterocycles. The van der Waals surface area contributed by atoms with E-state index in [0.717, 1.165) is 13.6 Å². The zero-order valence-electron chi connectivity index (χ0n) is 13.7. The standard InChI is InChI=1S/2C4H12N.C3H10NO3P/c2*1-5(2,3)4;1-3-4(2)8(5,6)7/h2*1-4H3;3H2,1-2H3,(H2,5,6,7)/q2*+1;/p-2. The summed E-state index contributed by atoms with van der Waals surface area (Å²) < 4.78 is 12.7. The van der Waals surface area contributed by atoms with Crippen LogP contribution in [0.4, 0.5) is 0 Å². The molecular weight excluding hydrogens is 253 g/mol. The van der Waals surface area contributed by atoms with Crippen molar-refractivity contribution in [2.45, 2.75) is 6.92 Å². The molecule has 0 amide bonds. The van der Waals surface area contributed by atoms with E-state index in [1.807, 2.05) is 0 Å². The van der Waals surface area contributed by atoms with Crippen molar-refractivity contribution in [1.82, 2.24) is 4.67 Å². The van der Waals surface area contributed by atoms with Crippen LogP contribution in [0, 0.1) is 0 Å². The van der Waals surface area contributed by atoms with Crippen LogP contribution in [0.3, 0.4) is 0 Å². The van der Waals surface area contributed by atoms with Gasteiger partial charge < -0.3 is 23.3 Å². The fourth-order valence-corrected chi connectivity index (χ4v) is 0.520. The largest absolute Gasteiger partial charge is 0.799 e. The van der Waals surface area contributed by atoms with Gasteiger partial charge in [-0.25, -0.2) is 0 Å². The summed E-state index contributed by atoms with van der Waals surface area (Å²) in [5.74, 6) is 0. The lowest BCUT2D eigenvalue weighted by Gasteiger charge is -2.37. The number of rotatable bonds is 2. The molecule has 18 heavy (non-hydrogen) atoms. The molecule has 0 heterocycles. The summed E-state index contributed by atoms with van der Waals surface area (Å²) in [6.45, 7) is 1.84. The molecule has 0 saturated carbocycles. The quantitative estimate of drug-likeness (QED) is 0.502. The number of hydrogen-bond acceptors (Lipinski definition) is 3. The molecular formula is C11H32N3O3P. The van der Waals surface area contributed by atoms with Gasteiger partial charge in [0, 0.05) is 0 Å². The van der Waals surface area contributed by atoms with Crippen molar-refractivity contribution in [3.63, 3.8) is 0 Å². The van der Waals surface area contributed by atoms with Gasteiger partial charge in [-0.3, -0.25) is 4.67 Å². The van der Waals surface area contributed by atoms with Crippen molar-refractivity contribution in [2.75, 3.05) is 70.0 Å². The summed E-state index contributed by atoms with van der Waals surface area (Å²) in [4.78, 5) is 19.9. The molecule has 0 fully saturated rings. The number of quaternary nitrogens is 2.